The van der Waals surface area contributed by atoms with Crippen LogP contribution in [0.1, 0.15) is 81.0 Å². The molecule has 5 aromatic rings. The van der Waals surface area contributed by atoms with Gasteiger partial charge >= 0.3 is 5.97 Å². The number of aliphatic carboxylic acids is 1. The monoisotopic (exact) mass is 1510 g/mol. The van der Waals surface area contributed by atoms with E-state index in [-0.39, 0.29) is 70.2 Å². The lowest BCUT2D eigenvalue weighted by Crippen LogP contribution is -2.63. The summed E-state index contributed by atoms with van der Waals surface area (Å²) in [5.41, 5.74) is 26.3. The van der Waals surface area contributed by atoms with Crippen molar-refractivity contribution in [2.24, 2.45) is 22.9 Å². The predicted molar refractivity (Wildman–Crippen MR) is 394 cm³/mol. The standard InChI is InChI=1S/C71H96N16O17S2/c1-39(89)58-69(101)83-52(32-43-22-10-5-11-23-43)67(99)87-59(40(2)90)70(102)84-55(36-88)68(100)85-56(71(103)104)38-106-105-37-46(74)60(92)77-48(26-14-16-28-72)61(93)82-54(34-57(75)91)66(98)80-50(30-41-18-6-3-7-19-41)63(95)79-51(31-42-20-8-4-9-21-42)64(96)81-53(33-44-35-76-47-25-13-12-24-45(44)47)65(97)78-49(62(94)86-58)27-15-17-29-73/h3-13,18-25,35,39-40,46,48-56,58-59,76,88-90H,14-17,26-34,36-38,72-74H2,1-2H3,(H2,75,91)(H,77,92)(H,78,97)(H,79,95)(H,80,98)(H,81,96)(H,82,93)(H,83,101)(H,84,102)(H,85,100)(H,86,94)(H,87,99)(H,103,104). The van der Waals surface area contributed by atoms with Crippen molar-refractivity contribution in [2.45, 2.75) is 169 Å². The fraction of sp³-hybridized carbons (Fsp3) is 0.451. The zero-order valence-electron chi connectivity index (χ0n) is 58.7. The number of primary amides is 1. The Morgan fingerprint density at radius 2 is 0.802 bits per heavy atom. The van der Waals surface area contributed by atoms with E-state index >= 15 is 14.4 Å². The second-order valence-electron chi connectivity index (χ2n) is 25.6. The SMILES string of the molecule is CC(O)C1NC(=O)C(Cc2ccccc2)NC(=O)C(C(C)O)NC(=O)C(CCCCN)NC(=O)C(Cc2c[nH]c3ccccc23)NC(=O)C(Cc2ccccc2)NC(=O)C(Cc2ccccc2)NC(=O)C(CC(N)=O)NC(=O)C(CCCCN)NC(=O)C(N)CSSCC(C(=O)O)NC(=O)C(CO)NC1=O. The molecule has 35 heteroatoms. The van der Waals surface area contributed by atoms with E-state index in [1.54, 1.807) is 121 Å². The van der Waals surface area contributed by atoms with E-state index < -0.39 is 180 Å². The van der Waals surface area contributed by atoms with Gasteiger partial charge in [-0.2, -0.15) is 0 Å². The summed E-state index contributed by atoms with van der Waals surface area (Å²) in [6, 6.07) is 12.0. The van der Waals surface area contributed by atoms with Crippen molar-refractivity contribution < 1.29 is 82.8 Å². The van der Waals surface area contributed by atoms with Crippen LogP contribution in [-0.2, 0) is 88.0 Å². The van der Waals surface area contributed by atoms with E-state index in [4.69, 9.17) is 22.9 Å². The van der Waals surface area contributed by atoms with Crippen molar-refractivity contribution >= 4 is 109 Å². The normalized spacial score (nSPS) is 24.6. The molecule has 0 saturated carbocycles. The lowest BCUT2D eigenvalue weighted by molar-refractivity contribution is -0.142. The Morgan fingerprint density at radius 1 is 0.443 bits per heavy atom. The highest BCUT2D eigenvalue weighted by atomic mass is 33.1. The molecule has 6 rings (SSSR count). The number of carboxylic acid groups (broad SMARTS) is 1. The van der Waals surface area contributed by atoms with Crippen molar-refractivity contribution in [2.75, 3.05) is 31.2 Å². The molecule has 1 saturated heterocycles. The third kappa shape index (κ3) is 27.2. The van der Waals surface area contributed by atoms with Crippen LogP contribution in [-0.4, -0.2) is 218 Å². The van der Waals surface area contributed by atoms with Crippen LogP contribution in [0.4, 0.5) is 0 Å². The topological polar surface area (TPSA) is 555 Å². The number of fused-ring (bicyclic) bond motifs is 1. The Balaban J connectivity index is 1.43. The number of rotatable bonds is 22. The maximum absolute atomic E-state index is 15.3. The number of carbonyl (C=O) groups is 13. The number of amides is 12. The zero-order valence-corrected chi connectivity index (χ0v) is 60.3. The maximum atomic E-state index is 15.3. The molecule has 12 amide bonds. The van der Waals surface area contributed by atoms with Crippen LogP contribution in [0.15, 0.2) is 121 Å². The first-order valence-corrected chi connectivity index (χ1v) is 37.1. The summed E-state index contributed by atoms with van der Waals surface area (Å²) in [7, 11) is 1.73. The predicted octanol–water partition coefficient (Wildman–Crippen LogP) is -3.53. The number of carboxylic acids is 1. The number of aromatic nitrogens is 1. The number of para-hydroxylation sites is 1. The molecule has 33 nitrogen and oxygen atoms in total. The molecular formula is C71H96N16O17S2. The second kappa shape index (κ2) is 43.4. The number of aromatic amines is 1. The number of H-pyrrole nitrogens is 1. The van der Waals surface area contributed by atoms with Gasteiger partial charge < -0.3 is 107 Å². The Bertz CT molecular complexity index is 3790. The Morgan fingerprint density at radius 3 is 1.25 bits per heavy atom. The van der Waals surface area contributed by atoms with Gasteiger partial charge in [-0.1, -0.05) is 131 Å². The van der Waals surface area contributed by atoms with Gasteiger partial charge in [0, 0.05) is 54.3 Å². The molecule has 24 N–H and O–H groups in total. The molecule has 4 aromatic carbocycles. The molecule has 574 valence electrons. The molecule has 2 heterocycles. The summed E-state index contributed by atoms with van der Waals surface area (Å²) >= 11 is 0. The average Bonchev–Trinajstić information content (AvgIpc) is 1.76. The molecule has 0 aliphatic carbocycles. The first-order chi connectivity index (χ1) is 50.7. The van der Waals surface area contributed by atoms with E-state index in [1.165, 1.54) is 0 Å². The maximum Gasteiger partial charge on any atom is 0.327 e. The number of aliphatic hydroxyl groups excluding tert-OH is 3. The second-order valence-corrected chi connectivity index (χ2v) is 28.1. The number of benzene rings is 4. The van der Waals surface area contributed by atoms with Crippen LogP contribution in [0, 0.1) is 0 Å². The van der Waals surface area contributed by atoms with Crippen molar-refractivity contribution in [3.63, 3.8) is 0 Å². The number of unbranched alkanes of at least 4 members (excludes halogenated alkanes) is 2. The van der Waals surface area contributed by atoms with E-state index in [9.17, 15) is 68.4 Å². The number of hydrogen-bond acceptors (Lipinski definition) is 21. The number of nitrogens with one attached hydrogen (secondary N) is 12. The summed E-state index contributed by atoms with van der Waals surface area (Å²) in [5.74, 6) is -14.9. The van der Waals surface area contributed by atoms with Crippen LogP contribution in [0.3, 0.4) is 0 Å². The molecule has 1 aliphatic rings. The van der Waals surface area contributed by atoms with E-state index in [2.05, 4.69) is 63.5 Å². The van der Waals surface area contributed by atoms with Crippen molar-refractivity contribution in [3.05, 3.63) is 144 Å². The fourth-order valence-corrected chi connectivity index (χ4v) is 13.6. The first kappa shape index (κ1) is 84.9. The molecule has 0 radical (unpaired) electrons. The molecule has 1 fully saturated rings. The highest BCUT2D eigenvalue weighted by molar-refractivity contribution is 8.76. The van der Waals surface area contributed by atoms with Crippen molar-refractivity contribution in [3.8, 4) is 0 Å². The van der Waals surface area contributed by atoms with Crippen molar-refractivity contribution in [1.29, 1.82) is 0 Å². The van der Waals surface area contributed by atoms with Gasteiger partial charge in [0.05, 0.1) is 31.3 Å². The van der Waals surface area contributed by atoms with Crippen LogP contribution in [0.25, 0.3) is 10.9 Å². The largest absolute Gasteiger partial charge is 0.480 e. The molecule has 0 bridgehead atoms. The van der Waals surface area contributed by atoms with Gasteiger partial charge in [-0.3, -0.25) is 57.5 Å². The molecular weight excluding hydrogens is 1410 g/mol. The van der Waals surface area contributed by atoms with Crippen LogP contribution >= 0.6 is 21.6 Å². The Kier molecular flexibility index (Phi) is 34.8. The Hall–Kier alpha value is -10.0. The number of nitrogens with two attached hydrogens (primary N) is 4. The molecule has 106 heavy (non-hydrogen) atoms. The molecule has 1 aliphatic heterocycles. The van der Waals surface area contributed by atoms with Gasteiger partial charge in [-0.25, -0.2) is 4.79 Å². The van der Waals surface area contributed by atoms with Gasteiger partial charge in [0.25, 0.3) is 0 Å². The minimum atomic E-state index is -1.93. The van der Waals surface area contributed by atoms with Crippen LogP contribution in [0.2, 0.25) is 0 Å². The zero-order chi connectivity index (χ0) is 77.4. The van der Waals surface area contributed by atoms with Crippen LogP contribution in [0.5, 0.6) is 0 Å². The first-order valence-electron chi connectivity index (χ1n) is 34.6. The van der Waals surface area contributed by atoms with Gasteiger partial charge in [-0.15, -0.1) is 0 Å². The summed E-state index contributed by atoms with van der Waals surface area (Å²) in [6.07, 6.45) is -2.78. The number of carbonyl (C=O) groups excluding carboxylic acids is 12. The van der Waals surface area contributed by atoms with Gasteiger partial charge in [0.2, 0.25) is 70.9 Å². The fourth-order valence-electron chi connectivity index (χ4n) is 11.3. The molecule has 14 unspecified atom stereocenters. The quantitative estimate of drug-likeness (QED) is 0.0236. The van der Waals surface area contributed by atoms with Crippen LogP contribution < -0.4 is 81.4 Å². The van der Waals surface area contributed by atoms with E-state index in [1.807, 2.05) is 0 Å². The minimum absolute atomic E-state index is 0.0734. The smallest absolute Gasteiger partial charge is 0.327 e. The molecule has 14 atom stereocenters. The lowest BCUT2D eigenvalue weighted by Gasteiger charge is -2.29. The lowest BCUT2D eigenvalue weighted by atomic mass is 10.00. The summed E-state index contributed by atoms with van der Waals surface area (Å²) in [5, 5.41) is 71.1. The van der Waals surface area contributed by atoms with Gasteiger partial charge in [-0.05, 0) is 93.8 Å². The third-order valence-corrected chi connectivity index (χ3v) is 19.6. The summed E-state index contributed by atoms with van der Waals surface area (Å²) < 4.78 is 0. The average molecular weight is 1510 g/mol. The summed E-state index contributed by atoms with van der Waals surface area (Å²) in [6.45, 7) is 1.45. The third-order valence-electron chi connectivity index (χ3n) is 17.1. The summed E-state index contributed by atoms with van der Waals surface area (Å²) in [4.78, 5) is 188. The van der Waals surface area contributed by atoms with Gasteiger partial charge in [0.15, 0.2) is 0 Å². The van der Waals surface area contributed by atoms with Crippen molar-refractivity contribution in [1.82, 2.24) is 63.5 Å². The molecule has 1 aromatic heterocycles. The highest BCUT2D eigenvalue weighted by Gasteiger charge is 2.39. The van der Waals surface area contributed by atoms with Gasteiger partial charge in [0.1, 0.15) is 66.5 Å². The Labute approximate surface area is 619 Å². The number of aliphatic hydroxyl groups is 3. The highest BCUT2D eigenvalue weighted by Crippen LogP contribution is 2.24. The minimum Gasteiger partial charge on any atom is -0.480 e. The molecule has 0 spiro atoms. The number of hydrogen-bond donors (Lipinski definition) is 20. The van der Waals surface area contributed by atoms with E-state index in [0.717, 1.165) is 35.4 Å². The van der Waals surface area contributed by atoms with E-state index in [0.29, 0.717) is 46.0 Å².